The van der Waals surface area contributed by atoms with Crippen LogP contribution in [0.25, 0.3) is 32.9 Å². The first-order valence-electron chi connectivity index (χ1n) is 18.5. The van der Waals surface area contributed by atoms with Gasteiger partial charge in [-0.25, -0.2) is 9.59 Å². The molecular formula is C43H52N5O5+. The molecule has 278 valence electrons. The lowest BCUT2D eigenvalue weighted by molar-refractivity contribution is -0.645. The van der Waals surface area contributed by atoms with Crippen LogP contribution in [0.1, 0.15) is 56.6 Å². The highest BCUT2D eigenvalue weighted by molar-refractivity contribution is 5.91. The van der Waals surface area contributed by atoms with Crippen LogP contribution in [0.4, 0.5) is 16.2 Å². The normalized spacial score (nSPS) is 12.3. The van der Waals surface area contributed by atoms with E-state index in [1.807, 2.05) is 90.6 Å². The summed E-state index contributed by atoms with van der Waals surface area (Å²) in [5, 5.41) is 17.5. The second kappa shape index (κ2) is 17.7. The van der Waals surface area contributed by atoms with E-state index in [-0.39, 0.29) is 31.3 Å². The zero-order chi connectivity index (χ0) is 38.1. The van der Waals surface area contributed by atoms with E-state index >= 15 is 0 Å². The Morgan fingerprint density at radius 1 is 0.774 bits per heavy atom. The van der Waals surface area contributed by atoms with E-state index in [2.05, 4.69) is 67.5 Å². The summed E-state index contributed by atoms with van der Waals surface area (Å²) in [6.45, 7) is 5.31. The first kappa shape index (κ1) is 38.6. The lowest BCUT2D eigenvalue weighted by Gasteiger charge is -2.17. The minimum atomic E-state index is -1.25. The number of carboxylic acid groups (broad SMARTS) is 1. The number of carbonyl (C=O) groups excluding carboxylic acids is 2. The number of unbranched alkanes of at least 4 members (excludes halogenated alkanes) is 1. The van der Waals surface area contributed by atoms with Crippen molar-refractivity contribution in [1.29, 1.82) is 0 Å². The van der Waals surface area contributed by atoms with Crippen LogP contribution in [0.5, 0.6) is 0 Å². The Balaban J connectivity index is 0.00000266. The van der Waals surface area contributed by atoms with Crippen LogP contribution in [-0.4, -0.2) is 70.5 Å². The third-order valence-electron chi connectivity index (χ3n) is 9.68. The van der Waals surface area contributed by atoms with Crippen LogP contribution >= 0.6 is 0 Å². The predicted molar refractivity (Wildman–Crippen MR) is 213 cm³/mol. The van der Waals surface area contributed by atoms with Crippen LogP contribution < -0.4 is 25.0 Å². The first-order chi connectivity index (χ1) is 25.6. The number of carboxylic acids is 1. The lowest BCUT2D eigenvalue weighted by atomic mass is 9.98. The molecule has 0 saturated carbocycles. The first-order valence-corrected chi connectivity index (χ1v) is 18.5. The Hall–Kier alpha value is -5.64. The molecule has 0 aliphatic heterocycles. The van der Waals surface area contributed by atoms with Gasteiger partial charge >= 0.3 is 12.1 Å². The molecule has 10 heteroatoms. The number of ether oxygens (including phenoxy) is 1. The summed E-state index contributed by atoms with van der Waals surface area (Å²) in [5.74, 6) is -1.61. The van der Waals surface area contributed by atoms with Crippen molar-refractivity contribution in [3.8, 4) is 11.1 Å². The Morgan fingerprint density at radius 3 is 1.85 bits per heavy atom. The number of rotatable bonds is 14. The van der Waals surface area contributed by atoms with Gasteiger partial charge < -0.3 is 30.3 Å². The van der Waals surface area contributed by atoms with Crippen molar-refractivity contribution in [2.75, 3.05) is 51.1 Å². The number of alkyl carbamates (subject to hydrolysis) is 1. The molecule has 1 unspecified atom stereocenters. The van der Waals surface area contributed by atoms with Gasteiger partial charge in [0.1, 0.15) is 19.2 Å². The van der Waals surface area contributed by atoms with Gasteiger partial charge in [0.05, 0.1) is 0 Å². The van der Waals surface area contributed by atoms with Gasteiger partial charge in [-0.2, -0.15) is 4.57 Å². The number of carbonyl (C=O) groups is 3. The van der Waals surface area contributed by atoms with Crippen LogP contribution in [0, 0.1) is 0 Å². The average molecular weight is 719 g/mol. The SMILES string of the molecule is CC.CN(C)c1ccc2cc3ccc(N(C)C)cc3[n+](CCCCNC(=O)CCC(NC(=O)OCC3c4ccccc4-c4ccccc43)C(=O)O)c2c1. The maximum atomic E-state index is 12.7. The Morgan fingerprint density at radius 2 is 1.32 bits per heavy atom. The number of anilines is 2. The molecule has 6 rings (SSSR count). The summed E-state index contributed by atoms with van der Waals surface area (Å²) >= 11 is 0. The molecule has 3 N–H and O–H groups in total. The van der Waals surface area contributed by atoms with Gasteiger partial charge in [-0.3, -0.25) is 4.79 Å². The van der Waals surface area contributed by atoms with E-state index in [1.54, 1.807) is 0 Å². The molecule has 1 aromatic heterocycles. The molecule has 10 nitrogen and oxygen atoms in total. The number of pyridine rings is 1. The molecule has 1 heterocycles. The fraction of sp³-hybridized carbons (Fsp3) is 0.349. The van der Waals surface area contributed by atoms with Gasteiger partial charge in [0, 0.05) is 87.8 Å². The van der Waals surface area contributed by atoms with Crippen LogP contribution in [0.2, 0.25) is 0 Å². The van der Waals surface area contributed by atoms with E-state index in [1.165, 1.54) is 10.8 Å². The molecule has 0 radical (unpaired) electrons. The fourth-order valence-electron chi connectivity index (χ4n) is 6.90. The maximum Gasteiger partial charge on any atom is 0.407 e. The van der Waals surface area contributed by atoms with Crippen molar-refractivity contribution in [3.05, 3.63) is 102 Å². The fourth-order valence-corrected chi connectivity index (χ4v) is 6.90. The van der Waals surface area contributed by atoms with Gasteiger partial charge in [0.2, 0.25) is 16.9 Å². The molecule has 0 fully saturated rings. The number of nitrogens with one attached hydrogen (secondary N) is 2. The molecule has 1 aliphatic carbocycles. The number of aliphatic carboxylic acids is 1. The van der Waals surface area contributed by atoms with Crippen molar-refractivity contribution >= 4 is 51.2 Å². The third-order valence-corrected chi connectivity index (χ3v) is 9.68. The van der Waals surface area contributed by atoms with Gasteiger partial charge in [-0.15, -0.1) is 0 Å². The summed E-state index contributed by atoms with van der Waals surface area (Å²) in [7, 11) is 8.15. The number of aryl methyl sites for hydroxylation is 1. The highest BCUT2D eigenvalue weighted by atomic mass is 16.5. The Kier molecular flexibility index (Phi) is 12.9. The second-order valence-corrected chi connectivity index (χ2v) is 13.5. The summed E-state index contributed by atoms with van der Waals surface area (Å²) in [5.41, 5.74) is 8.90. The van der Waals surface area contributed by atoms with Gasteiger partial charge in [-0.1, -0.05) is 62.4 Å². The van der Waals surface area contributed by atoms with Crippen molar-refractivity contribution in [3.63, 3.8) is 0 Å². The van der Waals surface area contributed by atoms with Gasteiger partial charge in [0.15, 0.2) is 0 Å². The number of benzene rings is 4. The number of fused-ring (bicyclic) bond motifs is 5. The second-order valence-electron chi connectivity index (χ2n) is 13.5. The highest BCUT2D eigenvalue weighted by Gasteiger charge is 2.30. The molecule has 4 aromatic carbocycles. The molecule has 5 aromatic rings. The number of hydrogen-bond acceptors (Lipinski definition) is 6. The van der Waals surface area contributed by atoms with Gasteiger partial charge in [0.25, 0.3) is 0 Å². The Labute approximate surface area is 312 Å². The molecule has 2 amide bonds. The van der Waals surface area contributed by atoms with Crippen LogP contribution in [0.3, 0.4) is 0 Å². The standard InChI is InChI=1S/C41H45N5O5.C2H6/c1-44(2)29-17-15-27-23-28-16-18-30(45(3)4)25-38(28)46(37(27)24-29)22-10-9-21-42-39(47)20-19-36(40(48)49)43-41(50)51-26-35-33-13-7-5-11-31(33)32-12-6-8-14-34(32)35;1-2/h5-8,11-18,23-25,35-36H,9-10,19-22,26H2,1-4H3,(H2-,42,43,47,48,49,50);1-2H3/p+1. The third kappa shape index (κ3) is 9.06. The van der Waals surface area contributed by atoms with Crippen molar-refractivity contribution in [2.24, 2.45) is 0 Å². The Bertz CT molecular complexity index is 1970. The predicted octanol–water partition coefficient (Wildman–Crippen LogP) is 7.11. The zero-order valence-electron chi connectivity index (χ0n) is 31.7. The molecule has 0 bridgehead atoms. The van der Waals surface area contributed by atoms with Gasteiger partial charge in [-0.05, 0) is 65.4 Å². The van der Waals surface area contributed by atoms with E-state index in [9.17, 15) is 19.5 Å². The number of nitrogens with zero attached hydrogens (tertiary/aromatic N) is 3. The summed E-state index contributed by atoms with van der Waals surface area (Å²) in [4.78, 5) is 41.6. The van der Waals surface area contributed by atoms with E-state index in [4.69, 9.17) is 4.74 Å². The zero-order valence-corrected chi connectivity index (χ0v) is 31.7. The van der Waals surface area contributed by atoms with Crippen molar-refractivity contribution in [2.45, 2.75) is 58.0 Å². The summed E-state index contributed by atoms with van der Waals surface area (Å²) < 4.78 is 7.88. The summed E-state index contributed by atoms with van der Waals surface area (Å²) in [6.07, 6.45) is 0.671. The number of hydrogen-bond donors (Lipinski definition) is 3. The van der Waals surface area contributed by atoms with Crippen LogP contribution in [0.15, 0.2) is 91.0 Å². The molecule has 53 heavy (non-hydrogen) atoms. The molecule has 0 spiro atoms. The molecular weight excluding hydrogens is 667 g/mol. The highest BCUT2D eigenvalue weighted by Crippen LogP contribution is 2.44. The monoisotopic (exact) mass is 718 g/mol. The quantitative estimate of drug-likeness (QED) is 0.0637. The number of amides is 2. The van der Waals surface area contributed by atoms with Crippen LogP contribution in [-0.2, 0) is 20.9 Å². The van der Waals surface area contributed by atoms with Crippen molar-refractivity contribution < 1.29 is 28.8 Å². The average Bonchev–Trinajstić information content (AvgIpc) is 3.48. The molecule has 1 aliphatic rings. The largest absolute Gasteiger partial charge is 0.480 e. The number of aromatic nitrogens is 1. The lowest BCUT2D eigenvalue weighted by Crippen LogP contribution is -2.42. The minimum absolute atomic E-state index is 0.0377. The molecule has 1 atom stereocenters. The van der Waals surface area contributed by atoms with E-state index in [0.29, 0.717) is 6.54 Å². The van der Waals surface area contributed by atoms with Crippen molar-refractivity contribution in [1.82, 2.24) is 10.6 Å². The minimum Gasteiger partial charge on any atom is -0.480 e. The smallest absolute Gasteiger partial charge is 0.407 e. The molecule has 0 saturated heterocycles. The summed E-state index contributed by atoms with van der Waals surface area (Å²) in [6, 6.07) is 30.0. The topological polar surface area (TPSA) is 115 Å². The van der Waals surface area contributed by atoms with E-state index in [0.717, 1.165) is 64.0 Å². The maximum absolute atomic E-state index is 12.7. The van der Waals surface area contributed by atoms with E-state index < -0.39 is 18.1 Å².